The van der Waals surface area contributed by atoms with E-state index in [-0.39, 0.29) is 66.5 Å². The van der Waals surface area contributed by atoms with E-state index in [9.17, 15) is 24.6 Å². The molecule has 4 heterocycles. The van der Waals surface area contributed by atoms with E-state index in [0.717, 1.165) is 22.1 Å². The first kappa shape index (κ1) is 25.6. The summed E-state index contributed by atoms with van der Waals surface area (Å²) in [4.78, 5) is 43.2. The van der Waals surface area contributed by atoms with Gasteiger partial charge in [-0.2, -0.15) is 0 Å². The topological polar surface area (TPSA) is 131 Å². The average Bonchev–Trinajstić information content (AvgIpc) is 3.28. The first-order chi connectivity index (χ1) is 18.6. The molecule has 3 aliphatic rings. The maximum Gasteiger partial charge on any atom is 0.343 e. The number of aromatic nitrogens is 2. The van der Waals surface area contributed by atoms with Crippen LogP contribution in [0.1, 0.15) is 72.4 Å². The number of hydrogen-bond acceptors (Lipinski definition) is 7. The van der Waals surface area contributed by atoms with Gasteiger partial charge in [0.15, 0.2) is 5.60 Å². The number of pyridine rings is 2. The van der Waals surface area contributed by atoms with Gasteiger partial charge < -0.3 is 24.8 Å². The van der Waals surface area contributed by atoms with Gasteiger partial charge in [-0.25, -0.2) is 14.2 Å². The third-order valence-electron chi connectivity index (χ3n) is 8.74. The summed E-state index contributed by atoms with van der Waals surface area (Å²) >= 11 is 0. The summed E-state index contributed by atoms with van der Waals surface area (Å²) in [6.45, 7) is 4.68. The predicted octanol–water partition coefficient (Wildman–Crippen LogP) is 2.44. The number of ether oxygens (including phenoxy) is 1. The van der Waals surface area contributed by atoms with E-state index in [1.807, 2.05) is 0 Å². The molecule has 2 aromatic heterocycles. The molecule has 39 heavy (non-hydrogen) atoms. The number of carbonyl (C=O) groups is 2. The van der Waals surface area contributed by atoms with Gasteiger partial charge >= 0.3 is 5.97 Å². The number of nitrogens with zero attached hydrogens (tertiary/aromatic N) is 2. The Hall–Kier alpha value is -3.63. The second-order valence-electron chi connectivity index (χ2n) is 10.8. The van der Waals surface area contributed by atoms with Gasteiger partial charge in [0.05, 0.1) is 29.0 Å². The third-order valence-corrected chi connectivity index (χ3v) is 8.74. The number of fused-ring (bicyclic) bond motifs is 5. The molecule has 10 heteroatoms. The van der Waals surface area contributed by atoms with Crippen molar-refractivity contribution in [3.8, 4) is 11.4 Å². The van der Waals surface area contributed by atoms with Crippen molar-refractivity contribution in [2.45, 2.75) is 77.2 Å². The van der Waals surface area contributed by atoms with Gasteiger partial charge in [-0.05, 0) is 55.4 Å². The number of cyclic esters (lactones) is 1. The minimum Gasteiger partial charge on any atom is -0.458 e. The van der Waals surface area contributed by atoms with Crippen molar-refractivity contribution in [1.82, 2.24) is 14.9 Å². The smallest absolute Gasteiger partial charge is 0.343 e. The molecule has 9 nitrogen and oxygen atoms in total. The Morgan fingerprint density at radius 2 is 2.08 bits per heavy atom. The van der Waals surface area contributed by atoms with Crippen molar-refractivity contribution in [3.63, 3.8) is 0 Å². The van der Waals surface area contributed by atoms with Crippen LogP contribution in [0.5, 0.6) is 0 Å². The number of aryl methyl sites for hydroxylation is 1. The van der Waals surface area contributed by atoms with Gasteiger partial charge in [-0.15, -0.1) is 0 Å². The molecule has 2 aliphatic heterocycles. The van der Waals surface area contributed by atoms with E-state index in [0.29, 0.717) is 41.7 Å². The summed E-state index contributed by atoms with van der Waals surface area (Å²) in [5.41, 5.74) is 2.58. The molecule has 1 aliphatic carbocycles. The monoisotopic (exact) mass is 535 g/mol. The summed E-state index contributed by atoms with van der Waals surface area (Å²) in [6.07, 6.45) is 1.57. The van der Waals surface area contributed by atoms with Gasteiger partial charge in [-0.1, -0.05) is 6.92 Å². The third kappa shape index (κ3) is 3.57. The Bertz CT molecular complexity index is 1650. The maximum absolute atomic E-state index is 15.1. The highest BCUT2D eigenvalue weighted by Crippen LogP contribution is 2.47. The lowest BCUT2D eigenvalue weighted by Gasteiger charge is -2.34. The van der Waals surface area contributed by atoms with Gasteiger partial charge in [0.2, 0.25) is 5.91 Å². The van der Waals surface area contributed by atoms with Crippen molar-refractivity contribution in [2.75, 3.05) is 6.61 Å². The number of amides is 1. The lowest BCUT2D eigenvalue weighted by atomic mass is 9.74. The standard InChI is InChI=1S/C29H30FN3O6/c1-4-29(38)19-9-23-26-17(11-33(23)27(36)18(19)12-39-28(29)37)24-16(21(7-8-34)31-14(3)35)6-5-15-13(2)20(30)10-22(32-26)25(15)24/h9-10,16,21,34,38H,4-8,11-12H2,1-3H3,(H,31,35)/t16-,21-,29-/m0/s1. The van der Waals surface area contributed by atoms with Gasteiger partial charge in [0, 0.05) is 48.1 Å². The quantitative estimate of drug-likeness (QED) is 0.335. The van der Waals surface area contributed by atoms with Gasteiger partial charge in [0.1, 0.15) is 12.4 Å². The minimum absolute atomic E-state index is 0.0282. The molecule has 6 rings (SSSR count). The Morgan fingerprint density at radius 1 is 1.31 bits per heavy atom. The fourth-order valence-corrected chi connectivity index (χ4v) is 6.77. The molecule has 1 aromatic carbocycles. The fraction of sp³-hybridized carbons (Fsp3) is 0.448. The van der Waals surface area contributed by atoms with E-state index >= 15 is 4.39 Å². The molecule has 0 spiro atoms. The number of benzene rings is 1. The lowest BCUT2D eigenvalue weighted by Crippen LogP contribution is -2.44. The minimum atomic E-state index is -1.95. The van der Waals surface area contributed by atoms with Crippen LogP contribution in [0.15, 0.2) is 16.9 Å². The Kier molecular flexibility index (Phi) is 5.89. The SMILES string of the molecule is CC[C@@]1(O)C(=O)OCc2c1cc1n(c2=O)Cc2c-1nc1cc(F)c(C)c3c1c2[C@H]([C@H](CCO)NC(C)=O)CC3. The van der Waals surface area contributed by atoms with Crippen molar-refractivity contribution >= 4 is 22.8 Å². The highest BCUT2D eigenvalue weighted by atomic mass is 19.1. The van der Waals surface area contributed by atoms with Crippen molar-refractivity contribution in [1.29, 1.82) is 0 Å². The summed E-state index contributed by atoms with van der Waals surface area (Å²) < 4.78 is 21.8. The molecule has 3 atom stereocenters. The van der Waals surface area contributed by atoms with Gasteiger partial charge in [-0.3, -0.25) is 9.59 Å². The average molecular weight is 536 g/mol. The van der Waals surface area contributed by atoms with Crippen LogP contribution in [0.2, 0.25) is 0 Å². The van der Waals surface area contributed by atoms with Crippen molar-refractivity contribution in [3.05, 3.63) is 61.7 Å². The molecular formula is C29H30FN3O6. The molecular weight excluding hydrogens is 505 g/mol. The zero-order valence-corrected chi connectivity index (χ0v) is 22.1. The number of halogens is 1. The van der Waals surface area contributed by atoms with E-state index < -0.39 is 11.6 Å². The molecule has 0 fully saturated rings. The highest BCUT2D eigenvalue weighted by Gasteiger charge is 2.46. The van der Waals surface area contributed by atoms with Crippen molar-refractivity contribution in [2.24, 2.45) is 0 Å². The summed E-state index contributed by atoms with van der Waals surface area (Å²) in [6, 6.07) is 2.67. The normalized spacial score (nSPS) is 21.7. The Labute approximate surface area is 223 Å². The first-order valence-corrected chi connectivity index (χ1v) is 13.3. The highest BCUT2D eigenvalue weighted by molar-refractivity contribution is 5.93. The van der Waals surface area contributed by atoms with Crippen LogP contribution in [-0.2, 0) is 39.5 Å². The maximum atomic E-state index is 15.1. The largest absolute Gasteiger partial charge is 0.458 e. The number of aliphatic hydroxyl groups is 2. The number of hydrogen-bond donors (Lipinski definition) is 3. The summed E-state index contributed by atoms with van der Waals surface area (Å²) in [5.74, 6) is -1.58. The molecule has 0 unspecified atom stereocenters. The van der Waals surface area contributed by atoms with E-state index in [1.54, 1.807) is 24.5 Å². The second kappa shape index (κ2) is 8.96. The fourth-order valence-electron chi connectivity index (χ4n) is 6.77. The number of aliphatic hydroxyl groups excluding tert-OH is 1. The molecule has 3 aromatic rings. The van der Waals surface area contributed by atoms with Crippen LogP contribution < -0.4 is 10.9 Å². The predicted molar refractivity (Wildman–Crippen MR) is 140 cm³/mol. The van der Waals surface area contributed by atoms with Crippen LogP contribution in [0.4, 0.5) is 4.39 Å². The zero-order valence-electron chi connectivity index (χ0n) is 22.1. The Morgan fingerprint density at radius 3 is 2.77 bits per heavy atom. The second-order valence-corrected chi connectivity index (χ2v) is 10.8. The van der Waals surface area contributed by atoms with E-state index in [4.69, 9.17) is 9.72 Å². The zero-order chi connectivity index (χ0) is 27.8. The number of carbonyl (C=O) groups excluding carboxylic acids is 2. The van der Waals surface area contributed by atoms with Crippen LogP contribution in [-0.4, -0.2) is 44.3 Å². The Balaban J connectivity index is 1.66. The first-order valence-electron chi connectivity index (χ1n) is 13.3. The number of esters is 1. The molecule has 0 saturated heterocycles. The van der Waals surface area contributed by atoms with Crippen LogP contribution in [0.3, 0.4) is 0 Å². The van der Waals surface area contributed by atoms with Crippen LogP contribution in [0, 0.1) is 12.7 Å². The summed E-state index contributed by atoms with van der Waals surface area (Å²) in [5, 5.41) is 24.8. The molecule has 0 saturated carbocycles. The molecule has 1 amide bonds. The number of nitrogens with one attached hydrogen (secondary N) is 1. The number of rotatable bonds is 5. The molecule has 3 N–H and O–H groups in total. The molecule has 0 radical (unpaired) electrons. The van der Waals surface area contributed by atoms with Gasteiger partial charge in [0.25, 0.3) is 5.56 Å². The van der Waals surface area contributed by atoms with E-state index in [1.165, 1.54) is 13.0 Å². The van der Waals surface area contributed by atoms with E-state index in [2.05, 4.69) is 5.32 Å². The molecule has 204 valence electrons. The summed E-state index contributed by atoms with van der Waals surface area (Å²) in [7, 11) is 0. The van der Waals surface area contributed by atoms with Crippen LogP contribution >= 0.6 is 0 Å². The van der Waals surface area contributed by atoms with Crippen molar-refractivity contribution < 1.29 is 28.9 Å². The molecule has 0 bridgehead atoms. The lowest BCUT2D eigenvalue weighted by molar-refractivity contribution is -0.172. The van der Waals surface area contributed by atoms with Crippen LogP contribution in [0.25, 0.3) is 22.3 Å².